The summed E-state index contributed by atoms with van der Waals surface area (Å²) in [7, 11) is -3.35. The van der Waals surface area contributed by atoms with Gasteiger partial charge < -0.3 is 5.11 Å². The van der Waals surface area contributed by atoms with Gasteiger partial charge in [0.05, 0.1) is 18.0 Å². The van der Waals surface area contributed by atoms with Crippen LogP contribution in [0.4, 0.5) is 5.69 Å². The summed E-state index contributed by atoms with van der Waals surface area (Å²) in [6.07, 6.45) is 5.20. The van der Waals surface area contributed by atoms with Gasteiger partial charge in [-0.25, -0.2) is 8.42 Å². The molecule has 1 aliphatic rings. The van der Waals surface area contributed by atoms with E-state index in [1.807, 2.05) is 55.5 Å². The van der Waals surface area contributed by atoms with E-state index in [2.05, 4.69) is 6.07 Å². The Kier molecular flexibility index (Phi) is 8.27. The Morgan fingerprint density at radius 2 is 1.75 bits per heavy atom. The van der Waals surface area contributed by atoms with E-state index in [-0.39, 0.29) is 44.2 Å². The number of rotatable bonds is 9. The zero-order chi connectivity index (χ0) is 19.5. The molecule has 0 aliphatic heterocycles. The van der Waals surface area contributed by atoms with Crippen molar-refractivity contribution in [3.63, 3.8) is 0 Å². The van der Waals surface area contributed by atoms with E-state index in [1.165, 1.54) is 16.1 Å². The summed E-state index contributed by atoms with van der Waals surface area (Å²) in [6.45, 7) is 2.44. The van der Waals surface area contributed by atoms with Crippen molar-refractivity contribution in [1.82, 2.24) is 0 Å². The van der Waals surface area contributed by atoms with Crippen LogP contribution in [0.2, 0.25) is 0 Å². The standard InChI is InChI=1S/C22H28NO3S.Y/c1-3-21(24)22(15-16-22)19-11-13-20(14-12-19)23(27(2,25)26)17-7-10-18-8-5-4-6-9-18;/h5-6,8-9,11-14,21,24H,3,7,10,15-17H2,1-2H3;/q-1;. The predicted octanol–water partition coefficient (Wildman–Crippen LogP) is 3.69. The Balaban J connectivity index is 0.00000280. The molecule has 1 fully saturated rings. The average Bonchev–Trinajstić information content (AvgIpc) is 3.47. The molecule has 0 aromatic heterocycles. The maximum absolute atomic E-state index is 12.3. The number of aliphatic hydroxyl groups is 1. The first-order valence-electron chi connectivity index (χ1n) is 9.58. The topological polar surface area (TPSA) is 57.6 Å². The Hall–Kier alpha value is -0.746. The smallest absolute Gasteiger partial charge is 0.232 e. The minimum atomic E-state index is -3.35. The first kappa shape index (κ1) is 23.5. The van der Waals surface area contributed by atoms with Crippen molar-refractivity contribution in [2.24, 2.45) is 0 Å². The number of hydrogen-bond acceptors (Lipinski definition) is 3. The maximum atomic E-state index is 12.3. The van der Waals surface area contributed by atoms with Crippen molar-refractivity contribution in [2.45, 2.75) is 50.5 Å². The van der Waals surface area contributed by atoms with Gasteiger partial charge in [0.1, 0.15) is 0 Å². The molecule has 1 unspecified atom stereocenters. The van der Waals surface area contributed by atoms with Crippen LogP contribution >= 0.6 is 0 Å². The monoisotopic (exact) mass is 475 g/mol. The van der Waals surface area contributed by atoms with Crippen LogP contribution in [0.1, 0.15) is 43.7 Å². The molecule has 1 atom stereocenters. The zero-order valence-corrected chi connectivity index (χ0v) is 20.3. The van der Waals surface area contributed by atoms with E-state index in [9.17, 15) is 13.5 Å². The van der Waals surface area contributed by atoms with E-state index in [1.54, 1.807) is 0 Å². The second kappa shape index (κ2) is 9.84. The van der Waals surface area contributed by atoms with Gasteiger partial charge in [0.2, 0.25) is 10.0 Å². The molecule has 0 bridgehead atoms. The summed E-state index contributed by atoms with van der Waals surface area (Å²) in [5.41, 5.74) is 2.84. The second-order valence-electron chi connectivity index (χ2n) is 7.47. The molecule has 0 amide bonds. The first-order valence-corrected chi connectivity index (χ1v) is 11.4. The number of hydrogen-bond donors (Lipinski definition) is 1. The average molecular weight is 475 g/mol. The summed E-state index contributed by atoms with van der Waals surface area (Å²) in [5, 5.41) is 10.3. The Labute approximate surface area is 194 Å². The third kappa shape index (κ3) is 5.44. The van der Waals surface area contributed by atoms with Gasteiger partial charge >= 0.3 is 0 Å². The van der Waals surface area contributed by atoms with Crippen molar-refractivity contribution in [2.75, 3.05) is 17.1 Å². The summed E-state index contributed by atoms with van der Waals surface area (Å²) in [5.74, 6) is 0. The van der Waals surface area contributed by atoms with Crippen LogP contribution in [0.3, 0.4) is 0 Å². The molecule has 6 heteroatoms. The van der Waals surface area contributed by atoms with E-state index >= 15 is 0 Å². The molecule has 0 saturated heterocycles. The van der Waals surface area contributed by atoms with E-state index < -0.39 is 10.0 Å². The fourth-order valence-electron chi connectivity index (χ4n) is 3.80. The molecule has 0 spiro atoms. The van der Waals surface area contributed by atoms with Crippen LogP contribution in [0, 0.1) is 6.07 Å². The third-order valence-corrected chi connectivity index (χ3v) is 6.75. The summed E-state index contributed by atoms with van der Waals surface area (Å²) in [4.78, 5) is 0. The molecule has 2 aromatic rings. The molecular formula is C22H28NO3SY-. The maximum Gasteiger partial charge on any atom is 0.232 e. The largest absolute Gasteiger partial charge is 0.392 e. The molecular weight excluding hydrogens is 447 g/mol. The van der Waals surface area contributed by atoms with E-state index in [0.717, 1.165) is 37.7 Å². The van der Waals surface area contributed by atoms with Crippen LogP contribution in [0.25, 0.3) is 0 Å². The van der Waals surface area contributed by atoms with Crippen LogP contribution in [-0.2, 0) is 54.6 Å². The molecule has 4 nitrogen and oxygen atoms in total. The minimum Gasteiger partial charge on any atom is -0.392 e. The molecule has 1 aliphatic carbocycles. The van der Waals surface area contributed by atoms with Crippen LogP contribution < -0.4 is 4.31 Å². The summed E-state index contributed by atoms with van der Waals surface area (Å²) in [6, 6.07) is 18.5. The van der Waals surface area contributed by atoms with Crippen molar-refractivity contribution >= 4 is 15.7 Å². The van der Waals surface area contributed by atoms with Crippen molar-refractivity contribution in [3.8, 4) is 0 Å². The van der Waals surface area contributed by atoms with Gasteiger partial charge in [-0.1, -0.05) is 19.1 Å². The minimum absolute atomic E-state index is 0. The molecule has 1 saturated carbocycles. The molecule has 1 N–H and O–H groups in total. The Morgan fingerprint density at radius 1 is 1.14 bits per heavy atom. The molecule has 28 heavy (non-hydrogen) atoms. The van der Waals surface area contributed by atoms with Crippen molar-refractivity contribution < 1.29 is 46.2 Å². The zero-order valence-electron chi connectivity index (χ0n) is 16.6. The molecule has 149 valence electrons. The van der Waals surface area contributed by atoms with Gasteiger partial charge in [-0.05, 0) is 49.8 Å². The van der Waals surface area contributed by atoms with Gasteiger partial charge in [-0.3, -0.25) is 4.31 Å². The van der Waals surface area contributed by atoms with Crippen molar-refractivity contribution in [3.05, 3.63) is 65.7 Å². The van der Waals surface area contributed by atoms with E-state index in [4.69, 9.17) is 0 Å². The summed E-state index contributed by atoms with van der Waals surface area (Å²) < 4.78 is 26.1. The predicted molar refractivity (Wildman–Crippen MR) is 109 cm³/mol. The number of sulfonamides is 1. The van der Waals surface area contributed by atoms with Gasteiger partial charge in [0.15, 0.2) is 0 Å². The van der Waals surface area contributed by atoms with Gasteiger partial charge in [0, 0.05) is 44.7 Å². The fraction of sp³-hybridized carbons (Fsp3) is 0.455. The van der Waals surface area contributed by atoms with E-state index in [0.29, 0.717) is 12.2 Å². The quantitative estimate of drug-likeness (QED) is 0.563. The summed E-state index contributed by atoms with van der Waals surface area (Å²) >= 11 is 0. The Morgan fingerprint density at radius 3 is 2.25 bits per heavy atom. The number of benzene rings is 2. The molecule has 2 aromatic carbocycles. The number of anilines is 1. The molecule has 3 rings (SSSR count). The SMILES string of the molecule is CCC(O)C1(c2ccc(N(CCCc3cc[c-]cc3)S(C)(=O)=O)cc2)CC1.[Y]. The number of nitrogens with zero attached hydrogens (tertiary/aromatic N) is 1. The second-order valence-corrected chi connectivity index (χ2v) is 9.38. The van der Waals surface area contributed by atoms with Gasteiger partial charge in [-0.15, -0.1) is 0 Å². The molecule has 0 heterocycles. The third-order valence-electron chi connectivity index (χ3n) is 5.56. The number of aryl methyl sites for hydroxylation is 1. The van der Waals surface area contributed by atoms with Crippen LogP contribution in [0.15, 0.2) is 48.5 Å². The Bertz CT molecular complexity index is 849. The first-order chi connectivity index (χ1) is 12.9. The van der Waals surface area contributed by atoms with Crippen LogP contribution in [-0.4, -0.2) is 32.4 Å². The molecule has 1 radical (unpaired) electrons. The van der Waals surface area contributed by atoms with Gasteiger partial charge in [0.25, 0.3) is 0 Å². The van der Waals surface area contributed by atoms with Crippen molar-refractivity contribution in [1.29, 1.82) is 0 Å². The van der Waals surface area contributed by atoms with Gasteiger partial charge in [-0.2, -0.15) is 35.9 Å². The van der Waals surface area contributed by atoms with Crippen LogP contribution in [0.5, 0.6) is 0 Å². The number of aliphatic hydroxyl groups excluding tert-OH is 1. The normalized spacial score (nSPS) is 16.1. The fourth-order valence-corrected chi connectivity index (χ4v) is 4.77.